The molecule has 0 unspecified atom stereocenters. The first-order valence-corrected chi connectivity index (χ1v) is 10.8. The zero-order valence-corrected chi connectivity index (χ0v) is 18.6. The number of anilines is 3. The molecule has 1 aliphatic rings. The zero-order valence-electron chi connectivity index (χ0n) is 17.1. The van der Waals surface area contributed by atoms with Crippen molar-refractivity contribution >= 4 is 52.2 Å². The Morgan fingerprint density at radius 3 is 2.47 bits per heavy atom. The quantitative estimate of drug-likeness (QED) is 0.229. The molecule has 1 aromatic heterocycles. The van der Waals surface area contributed by atoms with Crippen LogP contribution in [-0.4, -0.2) is 40.2 Å². The van der Waals surface area contributed by atoms with Gasteiger partial charge in [0.15, 0.2) is 0 Å². The lowest BCUT2D eigenvalue weighted by Gasteiger charge is -2.24. The molecule has 1 fully saturated rings. The fourth-order valence-corrected chi connectivity index (χ4v) is 3.71. The zero-order chi connectivity index (χ0) is 22.5. The predicted molar refractivity (Wildman–Crippen MR) is 128 cm³/mol. The van der Waals surface area contributed by atoms with Crippen molar-refractivity contribution in [3.8, 4) is 5.75 Å². The van der Waals surface area contributed by atoms with E-state index in [0.717, 1.165) is 18.5 Å². The van der Waals surface area contributed by atoms with Gasteiger partial charge in [0.1, 0.15) is 23.1 Å². The molecule has 1 saturated heterocycles. The van der Waals surface area contributed by atoms with Crippen molar-refractivity contribution in [3.63, 3.8) is 0 Å². The number of ether oxygens (including phenoxy) is 1. The first-order valence-electron chi connectivity index (χ1n) is 10.1. The molecule has 2 aromatic carbocycles. The largest absolute Gasteiger partial charge is 0.508 e. The fraction of sp³-hybridized carbons (Fsp3) is 0.227. The molecule has 10 heteroatoms. The SMILES string of the molecule is NC(=Nc1c(Cl)cccc1Cl)c1cnc(Nc2ccc(O)cc2)nc1NC1CCOCC1. The highest BCUT2D eigenvalue weighted by Crippen LogP contribution is 2.33. The van der Waals surface area contributed by atoms with Crippen LogP contribution in [-0.2, 0) is 4.74 Å². The lowest BCUT2D eigenvalue weighted by molar-refractivity contribution is 0.0904. The van der Waals surface area contributed by atoms with Crippen LogP contribution in [0.4, 0.5) is 23.1 Å². The van der Waals surface area contributed by atoms with Crippen LogP contribution in [0.3, 0.4) is 0 Å². The number of halogens is 2. The number of hydrogen-bond acceptors (Lipinski definition) is 7. The number of aromatic hydroxyl groups is 1. The molecule has 32 heavy (non-hydrogen) atoms. The third kappa shape index (κ3) is 5.40. The highest BCUT2D eigenvalue weighted by molar-refractivity contribution is 6.39. The summed E-state index contributed by atoms with van der Waals surface area (Å²) in [6.07, 6.45) is 3.29. The monoisotopic (exact) mass is 472 g/mol. The van der Waals surface area contributed by atoms with Crippen molar-refractivity contribution in [2.24, 2.45) is 10.7 Å². The van der Waals surface area contributed by atoms with E-state index in [1.54, 1.807) is 48.7 Å². The molecule has 4 rings (SSSR count). The van der Waals surface area contributed by atoms with Crippen LogP contribution in [0.5, 0.6) is 5.75 Å². The van der Waals surface area contributed by atoms with Crippen molar-refractivity contribution in [2.45, 2.75) is 18.9 Å². The number of nitrogens with zero attached hydrogens (tertiary/aromatic N) is 3. The topological polar surface area (TPSA) is 118 Å². The molecule has 1 aliphatic heterocycles. The molecule has 0 atom stereocenters. The van der Waals surface area contributed by atoms with Crippen LogP contribution in [0.25, 0.3) is 0 Å². The first-order chi connectivity index (χ1) is 15.5. The number of para-hydroxylation sites is 1. The molecule has 0 spiro atoms. The molecule has 0 amide bonds. The summed E-state index contributed by atoms with van der Waals surface area (Å²) < 4.78 is 5.45. The van der Waals surface area contributed by atoms with Gasteiger partial charge in [-0.05, 0) is 49.2 Å². The number of aliphatic imine (C=N–C) groups is 1. The summed E-state index contributed by atoms with van der Waals surface area (Å²) in [7, 11) is 0. The summed E-state index contributed by atoms with van der Waals surface area (Å²) in [4.78, 5) is 13.5. The van der Waals surface area contributed by atoms with Gasteiger partial charge in [-0.2, -0.15) is 4.98 Å². The van der Waals surface area contributed by atoms with Gasteiger partial charge in [-0.3, -0.25) is 0 Å². The van der Waals surface area contributed by atoms with Gasteiger partial charge in [0.2, 0.25) is 5.95 Å². The Kier molecular flexibility index (Phi) is 6.94. The highest BCUT2D eigenvalue weighted by Gasteiger charge is 2.19. The van der Waals surface area contributed by atoms with E-state index < -0.39 is 0 Å². The average molecular weight is 473 g/mol. The van der Waals surface area contributed by atoms with Crippen LogP contribution in [0.1, 0.15) is 18.4 Å². The van der Waals surface area contributed by atoms with E-state index in [9.17, 15) is 5.11 Å². The third-order valence-electron chi connectivity index (χ3n) is 4.92. The molecule has 0 saturated carbocycles. The fourth-order valence-electron chi connectivity index (χ4n) is 3.23. The maximum absolute atomic E-state index is 9.48. The van der Waals surface area contributed by atoms with Gasteiger partial charge in [0, 0.05) is 31.1 Å². The Labute approximate surface area is 195 Å². The number of phenolic OH excluding ortho intramolecular Hbond substituents is 1. The molecular formula is C22H22Cl2N6O2. The van der Waals surface area contributed by atoms with Crippen molar-refractivity contribution in [1.82, 2.24) is 9.97 Å². The smallest absolute Gasteiger partial charge is 0.229 e. The van der Waals surface area contributed by atoms with Gasteiger partial charge in [0.05, 0.1) is 15.6 Å². The van der Waals surface area contributed by atoms with E-state index in [2.05, 4.69) is 25.6 Å². The van der Waals surface area contributed by atoms with Crippen molar-refractivity contribution < 1.29 is 9.84 Å². The number of nitrogens with two attached hydrogens (primary N) is 1. The van der Waals surface area contributed by atoms with Crippen molar-refractivity contribution in [3.05, 3.63) is 64.3 Å². The Morgan fingerprint density at radius 1 is 1.09 bits per heavy atom. The van der Waals surface area contributed by atoms with Crippen LogP contribution < -0.4 is 16.4 Å². The maximum Gasteiger partial charge on any atom is 0.229 e. The Balaban J connectivity index is 1.68. The van der Waals surface area contributed by atoms with E-state index in [0.29, 0.717) is 46.3 Å². The first kappa shape index (κ1) is 22.1. The molecule has 3 aromatic rings. The third-order valence-corrected chi connectivity index (χ3v) is 5.53. The van der Waals surface area contributed by atoms with Gasteiger partial charge < -0.3 is 26.2 Å². The Morgan fingerprint density at radius 2 is 1.78 bits per heavy atom. The standard InChI is InChI=1S/C22H22Cl2N6O2/c23-17-2-1-3-18(24)19(17)29-20(25)16-12-26-22(28-13-4-6-15(31)7-5-13)30-21(16)27-14-8-10-32-11-9-14/h1-7,12,14,31H,8-11H2,(H2,25,29)(H2,26,27,28,30). The maximum atomic E-state index is 9.48. The Hall–Kier alpha value is -3.07. The van der Waals surface area contributed by atoms with Gasteiger partial charge in [-0.25, -0.2) is 9.98 Å². The Bertz CT molecular complexity index is 1100. The second-order valence-corrected chi connectivity index (χ2v) is 8.04. The van der Waals surface area contributed by atoms with Gasteiger partial charge >= 0.3 is 0 Å². The summed E-state index contributed by atoms with van der Waals surface area (Å²) >= 11 is 12.5. The average Bonchev–Trinajstić information content (AvgIpc) is 2.79. The molecule has 0 bridgehead atoms. The lowest BCUT2D eigenvalue weighted by atomic mass is 10.1. The van der Waals surface area contributed by atoms with Crippen LogP contribution in [0, 0.1) is 0 Å². The number of benzene rings is 2. The van der Waals surface area contributed by atoms with Crippen LogP contribution in [0.2, 0.25) is 10.0 Å². The number of rotatable bonds is 6. The van der Waals surface area contributed by atoms with Crippen LogP contribution >= 0.6 is 23.2 Å². The van der Waals surface area contributed by atoms with Crippen molar-refractivity contribution in [1.29, 1.82) is 0 Å². The summed E-state index contributed by atoms with van der Waals surface area (Å²) in [5, 5.41) is 16.8. The predicted octanol–water partition coefficient (Wildman–Crippen LogP) is 4.86. The second kappa shape index (κ2) is 10.0. The minimum absolute atomic E-state index is 0.177. The number of aromatic nitrogens is 2. The van der Waals surface area contributed by atoms with Crippen LogP contribution in [0.15, 0.2) is 53.7 Å². The molecular weight excluding hydrogens is 451 g/mol. The molecule has 8 nitrogen and oxygen atoms in total. The van der Waals surface area contributed by atoms with Crippen molar-refractivity contribution in [2.75, 3.05) is 23.8 Å². The molecule has 0 radical (unpaired) electrons. The summed E-state index contributed by atoms with van der Waals surface area (Å²) in [6.45, 7) is 1.35. The second-order valence-electron chi connectivity index (χ2n) is 7.23. The van der Waals surface area contributed by atoms with Gasteiger partial charge in [-0.15, -0.1) is 0 Å². The number of hydrogen-bond donors (Lipinski definition) is 4. The van der Waals surface area contributed by atoms with E-state index in [-0.39, 0.29) is 17.6 Å². The van der Waals surface area contributed by atoms with E-state index in [4.69, 9.17) is 33.7 Å². The molecule has 0 aliphatic carbocycles. The van der Waals surface area contributed by atoms with Gasteiger partial charge in [0.25, 0.3) is 0 Å². The minimum Gasteiger partial charge on any atom is -0.508 e. The number of amidine groups is 1. The highest BCUT2D eigenvalue weighted by atomic mass is 35.5. The van der Waals surface area contributed by atoms with E-state index in [1.807, 2.05) is 0 Å². The van der Waals surface area contributed by atoms with E-state index in [1.165, 1.54) is 0 Å². The van der Waals surface area contributed by atoms with Gasteiger partial charge in [-0.1, -0.05) is 29.3 Å². The minimum atomic E-state index is 0.177. The molecule has 5 N–H and O–H groups in total. The molecule has 166 valence electrons. The molecule has 2 heterocycles. The summed E-state index contributed by atoms with van der Waals surface area (Å²) in [5.41, 5.74) is 7.98. The number of phenols is 1. The number of nitrogens with one attached hydrogen (secondary N) is 2. The van der Waals surface area contributed by atoms with E-state index >= 15 is 0 Å². The summed E-state index contributed by atoms with van der Waals surface area (Å²) in [6, 6.07) is 11.9. The summed E-state index contributed by atoms with van der Waals surface area (Å²) in [5.74, 6) is 1.27. The lowest BCUT2D eigenvalue weighted by Crippen LogP contribution is -2.30. The normalized spacial score (nSPS) is 14.9.